The molecule has 2 N–H and O–H groups in total. The summed E-state index contributed by atoms with van der Waals surface area (Å²) in [6.07, 6.45) is 1.10. The summed E-state index contributed by atoms with van der Waals surface area (Å²) in [5, 5.41) is 7.69. The number of benzene rings is 2. The van der Waals surface area contributed by atoms with E-state index in [1.165, 1.54) is 12.1 Å². The van der Waals surface area contributed by atoms with Crippen LogP contribution in [0.15, 0.2) is 42.5 Å². The lowest BCUT2D eigenvalue weighted by Crippen LogP contribution is -2.28. The van der Waals surface area contributed by atoms with Gasteiger partial charge in [0.1, 0.15) is 0 Å². The van der Waals surface area contributed by atoms with Crippen LogP contribution in [-0.4, -0.2) is 30.4 Å². The van der Waals surface area contributed by atoms with E-state index in [1.54, 1.807) is 6.07 Å². The molecule has 1 aliphatic carbocycles. The minimum absolute atomic E-state index is 0.0577. The van der Waals surface area contributed by atoms with Gasteiger partial charge in [-0.1, -0.05) is 19.9 Å². The van der Waals surface area contributed by atoms with Crippen molar-refractivity contribution in [3.63, 3.8) is 0 Å². The lowest BCUT2D eigenvalue weighted by molar-refractivity contribution is 0.0696. The van der Waals surface area contributed by atoms with Gasteiger partial charge in [-0.15, -0.1) is 0 Å². The van der Waals surface area contributed by atoms with Crippen molar-refractivity contribution in [3.05, 3.63) is 64.7 Å². The van der Waals surface area contributed by atoms with Gasteiger partial charge in [0, 0.05) is 23.2 Å². The zero-order chi connectivity index (χ0) is 20.7. The Balaban J connectivity index is 1.88. The molecule has 146 valence electrons. The van der Waals surface area contributed by atoms with Gasteiger partial charge in [0.2, 0.25) is 0 Å². The maximum atomic E-state index is 12.4. The van der Waals surface area contributed by atoms with E-state index < -0.39 is 21.1 Å². The third-order valence-corrected chi connectivity index (χ3v) is 6.12. The van der Waals surface area contributed by atoms with Crippen molar-refractivity contribution >= 4 is 32.6 Å². The first-order valence-electron chi connectivity index (χ1n) is 8.59. The number of carbonyl (C=O) groups excluding carboxylic acids is 2. The number of fused-ring (bicyclic) bond motifs is 1. The van der Waals surface area contributed by atoms with Crippen LogP contribution in [0.4, 0.5) is 5.69 Å². The molecule has 28 heavy (non-hydrogen) atoms. The van der Waals surface area contributed by atoms with Gasteiger partial charge < -0.3 is 5.11 Å². The van der Waals surface area contributed by atoms with Crippen molar-refractivity contribution in [3.8, 4) is 0 Å². The van der Waals surface area contributed by atoms with Crippen LogP contribution in [0.2, 0.25) is 0 Å². The topological polar surface area (TPSA) is 118 Å². The van der Waals surface area contributed by atoms with Gasteiger partial charge in [0.05, 0.1) is 5.56 Å². The second-order valence-corrected chi connectivity index (χ2v) is 8.92. The predicted octanol–water partition coefficient (Wildman–Crippen LogP) is 3.22. The summed E-state index contributed by atoms with van der Waals surface area (Å²) in [5.41, 5.74) is 1.02. The lowest BCUT2D eigenvalue weighted by Gasteiger charge is -2.31. The lowest BCUT2D eigenvalue weighted by atomic mass is 9.72. The number of nitrogens with one attached hydrogen (secondary N) is 1. The molecular weight excluding hydrogens is 382 g/mol. The molecule has 3 rings (SSSR count). The van der Waals surface area contributed by atoms with Crippen LogP contribution >= 0.6 is 0 Å². The molecule has 1 aliphatic rings. The van der Waals surface area contributed by atoms with Crippen LogP contribution in [-0.2, 0) is 15.4 Å². The molecule has 0 fully saturated rings. The number of Topliss-reactive ketones (excluding diaryl/α,β-unsaturated/α-hetero) is 1. The predicted molar refractivity (Wildman–Crippen MR) is 103 cm³/mol. The van der Waals surface area contributed by atoms with Gasteiger partial charge in [0.25, 0.3) is 5.12 Å². The second-order valence-electron chi connectivity index (χ2n) is 7.34. The number of rotatable bonds is 4. The van der Waals surface area contributed by atoms with Gasteiger partial charge >= 0.3 is 16.0 Å². The SMILES string of the molecule is CC1(C)CCC(=O)c2cc(NS(=O)(=O)C(=O)c3ccc(C(=O)O)cc3)ccc21. The molecule has 0 radical (unpaired) electrons. The molecule has 2 aromatic rings. The third kappa shape index (κ3) is 3.68. The van der Waals surface area contributed by atoms with Crippen molar-refractivity contribution in [2.24, 2.45) is 0 Å². The Labute approximate surface area is 162 Å². The van der Waals surface area contributed by atoms with Gasteiger partial charge in [-0.25, -0.2) is 4.79 Å². The Hall–Kier alpha value is -3.00. The smallest absolute Gasteiger partial charge is 0.335 e. The van der Waals surface area contributed by atoms with Crippen molar-refractivity contribution in [1.82, 2.24) is 0 Å². The molecule has 0 saturated carbocycles. The quantitative estimate of drug-likeness (QED) is 0.812. The molecule has 0 saturated heterocycles. The number of carboxylic acid groups (broad SMARTS) is 1. The van der Waals surface area contributed by atoms with Crippen LogP contribution in [0.3, 0.4) is 0 Å². The monoisotopic (exact) mass is 401 g/mol. The maximum Gasteiger partial charge on any atom is 0.335 e. The molecule has 2 aromatic carbocycles. The average molecular weight is 401 g/mol. The normalized spacial score (nSPS) is 15.6. The summed E-state index contributed by atoms with van der Waals surface area (Å²) in [6, 6.07) is 9.29. The summed E-state index contributed by atoms with van der Waals surface area (Å²) < 4.78 is 27.1. The molecule has 0 heterocycles. The first kappa shape index (κ1) is 19.8. The fourth-order valence-electron chi connectivity index (χ4n) is 3.23. The number of carboxylic acids is 1. The minimum Gasteiger partial charge on any atom is -0.478 e. The fraction of sp³-hybridized carbons (Fsp3) is 0.250. The van der Waals surface area contributed by atoms with Gasteiger partial charge in [-0.2, -0.15) is 8.42 Å². The van der Waals surface area contributed by atoms with Crippen molar-refractivity contribution < 1.29 is 27.9 Å². The highest BCUT2D eigenvalue weighted by molar-refractivity contribution is 8.07. The standard InChI is InChI=1S/C20H19NO6S/c1-20(2)10-9-17(22)15-11-14(7-8-16(15)20)21-28(26,27)19(25)13-5-3-12(4-6-13)18(23)24/h3-8,11,21H,9-10H2,1-2H3,(H,23,24). The van der Waals surface area contributed by atoms with E-state index in [9.17, 15) is 22.8 Å². The van der Waals surface area contributed by atoms with Crippen molar-refractivity contribution in [2.75, 3.05) is 4.72 Å². The Bertz CT molecular complexity index is 1080. The Morgan fingerprint density at radius 2 is 1.64 bits per heavy atom. The van der Waals surface area contributed by atoms with E-state index in [0.29, 0.717) is 18.4 Å². The number of carbonyl (C=O) groups is 3. The van der Waals surface area contributed by atoms with E-state index in [0.717, 1.165) is 29.8 Å². The molecule has 0 aromatic heterocycles. The Morgan fingerprint density at radius 3 is 2.25 bits per heavy atom. The first-order chi connectivity index (χ1) is 13.0. The zero-order valence-corrected chi connectivity index (χ0v) is 16.2. The molecule has 7 nitrogen and oxygen atoms in total. The highest BCUT2D eigenvalue weighted by atomic mass is 32.2. The van der Waals surface area contributed by atoms with Crippen LogP contribution in [0.5, 0.6) is 0 Å². The van der Waals surface area contributed by atoms with Gasteiger partial charge in [-0.05, 0) is 53.8 Å². The number of aromatic carboxylic acids is 1. The van der Waals surface area contributed by atoms with E-state index in [-0.39, 0.29) is 28.0 Å². The molecular formula is C20H19NO6S. The Kier molecular flexibility index (Phi) is 4.84. The highest BCUT2D eigenvalue weighted by Gasteiger charge is 2.32. The summed E-state index contributed by atoms with van der Waals surface area (Å²) in [7, 11) is -4.42. The molecule has 0 spiro atoms. The number of hydrogen-bond acceptors (Lipinski definition) is 5. The summed E-state index contributed by atoms with van der Waals surface area (Å²) in [4.78, 5) is 35.5. The van der Waals surface area contributed by atoms with E-state index in [4.69, 9.17) is 5.11 Å². The Morgan fingerprint density at radius 1 is 1.04 bits per heavy atom. The summed E-state index contributed by atoms with van der Waals surface area (Å²) >= 11 is 0. The van der Waals surface area contributed by atoms with Crippen LogP contribution in [0.1, 0.15) is 63.3 Å². The van der Waals surface area contributed by atoms with E-state index in [2.05, 4.69) is 4.72 Å². The molecule has 0 atom stereocenters. The zero-order valence-electron chi connectivity index (χ0n) is 15.4. The van der Waals surface area contributed by atoms with E-state index in [1.807, 2.05) is 13.8 Å². The van der Waals surface area contributed by atoms with E-state index >= 15 is 0 Å². The number of ketones is 1. The molecule has 0 unspecified atom stereocenters. The fourth-order valence-corrected chi connectivity index (χ4v) is 4.21. The molecule has 8 heteroatoms. The molecule has 0 aliphatic heterocycles. The van der Waals surface area contributed by atoms with Crippen molar-refractivity contribution in [2.45, 2.75) is 32.1 Å². The maximum absolute atomic E-state index is 12.4. The average Bonchev–Trinajstić information content (AvgIpc) is 2.64. The number of sulfonamides is 1. The van der Waals surface area contributed by atoms with Gasteiger partial charge in [-0.3, -0.25) is 14.3 Å². The second kappa shape index (κ2) is 6.87. The number of anilines is 1. The van der Waals surface area contributed by atoms with Crippen LogP contribution < -0.4 is 4.72 Å². The molecule has 0 amide bonds. The summed E-state index contributed by atoms with van der Waals surface area (Å²) in [5.74, 6) is -1.24. The largest absolute Gasteiger partial charge is 0.478 e. The number of hydrogen-bond donors (Lipinski definition) is 2. The molecule has 0 bridgehead atoms. The van der Waals surface area contributed by atoms with Crippen LogP contribution in [0, 0.1) is 0 Å². The summed E-state index contributed by atoms with van der Waals surface area (Å²) in [6.45, 7) is 4.04. The minimum atomic E-state index is -4.42. The van der Waals surface area contributed by atoms with Crippen LogP contribution in [0.25, 0.3) is 0 Å². The van der Waals surface area contributed by atoms with Gasteiger partial charge in [0.15, 0.2) is 5.78 Å². The highest BCUT2D eigenvalue weighted by Crippen LogP contribution is 2.37. The van der Waals surface area contributed by atoms with Crippen molar-refractivity contribution in [1.29, 1.82) is 0 Å². The first-order valence-corrected chi connectivity index (χ1v) is 10.1. The third-order valence-electron chi connectivity index (χ3n) is 4.89.